The van der Waals surface area contributed by atoms with Gasteiger partial charge in [-0.15, -0.1) is 0 Å². The zero-order valence-electron chi connectivity index (χ0n) is 16.2. The summed E-state index contributed by atoms with van der Waals surface area (Å²) in [7, 11) is 0. The van der Waals surface area contributed by atoms with Gasteiger partial charge in [-0.1, -0.05) is 19.8 Å². The van der Waals surface area contributed by atoms with Gasteiger partial charge in [-0.25, -0.2) is 0 Å². The van der Waals surface area contributed by atoms with E-state index in [1.807, 2.05) is 0 Å². The van der Waals surface area contributed by atoms with Crippen molar-refractivity contribution in [3.8, 4) is 0 Å². The van der Waals surface area contributed by atoms with Crippen LogP contribution in [0, 0.1) is 23.2 Å². The molecule has 0 amide bonds. The topological polar surface area (TPSA) is 38.3 Å². The Morgan fingerprint density at radius 1 is 1.19 bits per heavy atom. The van der Waals surface area contributed by atoms with Crippen molar-refractivity contribution in [2.24, 2.45) is 23.2 Å². The van der Waals surface area contributed by atoms with Gasteiger partial charge < -0.3 is 4.74 Å². The van der Waals surface area contributed by atoms with Gasteiger partial charge in [-0.3, -0.25) is 9.52 Å². The summed E-state index contributed by atoms with van der Waals surface area (Å²) in [6.07, 6.45) is 10.7. The number of hydrogen-bond acceptors (Lipinski definition) is 4. The Labute approximate surface area is 164 Å². The number of alkyl halides is 3. The van der Waals surface area contributed by atoms with Crippen molar-refractivity contribution in [1.29, 1.82) is 0 Å². The van der Waals surface area contributed by atoms with Crippen LogP contribution in [0.2, 0.25) is 0 Å². The molecule has 2 bridgehead atoms. The lowest BCUT2D eigenvalue weighted by atomic mass is 9.59. The van der Waals surface area contributed by atoms with Crippen LogP contribution in [0.1, 0.15) is 77.6 Å². The molecule has 0 aromatic carbocycles. The fourth-order valence-corrected chi connectivity index (χ4v) is 6.19. The lowest BCUT2D eigenvalue weighted by Crippen LogP contribution is -2.43. The number of fused-ring (bicyclic) bond motifs is 2. The van der Waals surface area contributed by atoms with Gasteiger partial charge in [-0.05, 0) is 75.5 Å². The molecule has 3 aliphatic carbocycles. The Hall–Kier alpha value is -0.430. The van der Waals surface area contributed by atoms with Crippen molar-refractivity contribution >= 4 is 17.9 Å². The molecule has 3 nitrogen and oxygen atoms in total. The zero-order valence-corrected chi connectivity index (χ0v) is 17.0. The maximum atomic E-state index is 12.8. The minimum atomic E-state index is -4.22. The Kier molecular flexibility index (Phi) is 7.04. The van der Waals surface area contributed by atoms with E-state index in [0.29, 0.717) is 24.4 Å². The van der Waals surface area contributed by atoms with Gasteiger partial charge in [0.25, 0.3) is 0 Å². The van der Waals surface area contributed by atoms with Crippen LogP contribution in [-0.4, -0.2) is 24.1 Å². The summed E-state index contributed by atoms with van der Waals surface area (Å²) >= 11 is -0.133. The molecular weight excluding hydrogens is 375 g/mol. The molecule has 156 valence electrons. The van der Waals surface area contributed by atoms with Gasteiger partial charge in [0, 0.05) is 18.0 Å². The fourth-order valence-electron chi connectivity index (χ4n) is 5.65. The van der Waals surface area contributed by atoms with E-state index >= 15 is 0 Å². The molecule has 3 fully saturated rings. The summed E-state index contributed by atoms with van der Waals surface area (Å²) in [5, 5.41) is 0. The van der Waals surface area contributed by atoms with Crippen LogP contribution in [-0.2, 0) is 9.53 Å². The SMILES string of the molecule is CC1CC2CCCC(C(=O)OCCC3CCC(NSC(F)(F)F)CC3)(C1)C2. The van der Waals surface area contributed by atoms with Gasteiger partial charge >= 0.3 is 11.5 Å². The largest absolute Gasteiger partial charge is 0.465 e. The van der Waals surface area contributed by atoms with Crippen molar-refractivity contribution in [2.45, 2.75) is 89.1 Å². The first kappa shape index (κ1) is 21.3. The molecule has 3 rings (SSSR count). The van der Waals surface area contributed by atoms with Gasteiger partial charge in [0.15, 0.2) is 0 Å². The molecule has 1 N–H and O–H groups in total. The minimum absolute atomic E-state index is 0.00989. The number of ether oxygens (including phenoxy) is 1. The summed E-state index contributed by atoms with van der Waals surface area (Å²) in [4.78, 5) is 12.8. The number of nitrogens with one attached hydrogen (secondary N) is 1. The second-order valence-corrected chi connectivity index (χ2v) is 10.00. The standard InChI is InChI=1S/C20H32F3NO2S/c1-14-11-16-3-2-9-19(12-14,13-16)18(25)26-10-8-15-4-6-17(7-5-15)24-27-20(21,22)23/h14-17,24H,2-13H2,1H3. The van der Waals surface area contributed by atoms with E-state index in [9.17, 15) is 18.0 Å². The molecule has 0 aromatic heterocycles. The first-order chi connectivity index (χ1) is 12.8. The number of carbonyl (C=O) groups is 1. The van der Waals surface area contributed by atoms with Crippen molar-refractivity contribution in [2.75, 3.05) is 6.61 Å². The van der Waals surface area contributed by atoms with E-state index < -0.39 is 5.51 Å². The molecule has 3 unspecified atom stereocenters. The van der Waals surface area contributed by atoms with E-state index in [4.69, 9.17) is 4.74 Å². The number of halogens is 3. The van der Waals surface area contributed by atoms with E-state index in [-0.39, 0.29) is 29.4 Å². The highest BCUT2D eigenvalue weighted by Crippen LogP contribution is 2.51. The van der Waals surface area contributed by atoms with E-state index in [1.54, 1.807) is 0 Å². The van der Waals surface area contributed by atoms with Crippen LogP contribution in [0.3, 0.4) is 0 Å². The molecule has 0 saturated heterocycles. The average molecular weight is 408 g/mol. The Bertz CT molecular complexity index is 504. The number of hydrogen-bond donors (Lipinski definition) is 1. The van der Waals surface area contributed by atoms with Gasteiger partial charge in [-0.2, -0.15) is 13.2 Å². The smallest absolute Gasteiger partial charge is 0.456 e. The second kappa shape index (κ2) is 8.93. The molecule has 0 spiro atoms. The first-order valence-corrected chi connectivity index (χ1v) is 11.2. The molecule has 0 radical (unpaired) electrons. The van der Waals surface area contributed by atoms with Crippen LogP contribution >= 0.6 is 11.9 Å². The first-order valence-electron chi connectivity index (χ1n) is 10.4. The predicted molar refractivity (Wildman–Crippen MR) is 101 cm³/mol. The zero-order chi connectivity index (χ0) is 19.5. The molecule has 7 heteroatoms. The molecular formula is C20H32F3NO2S. The van der Waals surface area contributed by atoms with Crippen LogP contribution in [0.4, 0.5) is 13.2 Å². The summed E-state index contributed by atoms with van der Waals surface area (Å²) in [5.41, 5.74) is -4.46. The average Bonchev–Trinajstić information content (AvgIpc) is 2.60. The van der Waals surface area contributed by atoms with E-state index in [2.05, 4.69) is 11.6 Å². The summed E-state index contributed by atoms with van der Waals surface area (Å²) in [5.74, 6) is 1.76. The molecule has 3 saturated carbocycles. The highest BCUT2D eigenvalue weighted by molar-refractivity contribution is 7.98. The third kappa shape index (κ3) is 6.02. The molecule has 0 heterocycles. The highest BCUT2D eigenvalue weighted by atomic mass is 32.2. The molecule has 0 aliphatic heterocycles. The Morgan fingerprint density at radius 2 is 1.93 bits per heavy atom. The molecule has 3 aliphatic rings. The molecule has 27 heavy (non-hydrogen) atoms. The van der Waals surface area contributed by atoms with Crippen LogP contribution in [0.25, 0.3) is 0 Å². The van der Waals surface area contributed by atoms with Crippen molar-refractivity contribution < 1.29 is 22.7 Å². The lowest BCUT2D eigenvalue weighted by molar-refractivity contribution is -0.164. The number of rotatable bonds is 6. The monoisotopic (exact) mass is 407 g/mol. The summed E-state index contributed by atoms with van der Waals surface area (Å²) < 4.78 is 45.0. The Morgan fingerprint density at radius 3 is 2.63 bits per heavy atom. The minimum Gasteiger partial charge on any atom is -0.465 e. The summed E-state index contributed by atoms with van der Waals surface area (Å²) in [6.45, 7) is 2.71. The van der Waals surface area contributed by atoms with E-state index in [0.717, 1.165) is 57.8 Å². The van der Waals surface area contributed by atoms with Gasteiger partial charge in [0.1, 0.15) is 0 Å². The summed E-state index contributed by atoms with van der Waals surface area (Å²) in [6, 6.07) is -0.0720. The van der Waals surface area contributed by atoms with Crippen LogP contribution < -0.4 is 4.72 Å². The van der Waals surface area contributed by atoms with Crippen LogP contribution in [0.15, 0.2) is 0 Å². The van der Waals surface area contributed by atoms with E-state index in [1.165, 1.54) is 12.8 Å². The maximum Gasteiger partial charge on any atom is 0.456 e. The predicted octanol–water partition coefficient (Wildman–Crippen LogP) is 5.84. The van der Waals surface area contributed by atoms with Gasteiger partial charge in [0.2, 0.25) is 0 Å². The highest BCUT2D eigenvalue weighted by Gasteiger charge is 2.48. The van der Waals surface area contributed by atoms with Crippen molar-refractivity contribution in [3.63, 3.8) is 0 Å². The normalized spacial score (nSPS) is 37.0. The fraction of sp³-hybridized carbons (Fsp3) is 0.950. The van der Waals surface area contributed by atoms with Crippen molar-refractivity contribution in [1.82, 2.24) is 4.72 Å². The number of carbonyl (C=O) groups excluding carboxylic acids is 1. The molecule has 0 aromatic rings. The quantitative estimate of drug-likeness (QED) is 0.443. The van der Waals surface area contributed by atoms with Crippen molar-refractivity contribution in [3.05, 3.63) is 0 Å². The lowest BCUT2D eigenvalue weighted by Gasteiger charge is -2.45. The third-order valence-corrected chi connectivity index (χ3v) is 7.48. The third-order valence-electron chi connectivity index (χ3n) is 6.80. The van der Waals surface area contributed by atoms with Crippen LogP contribution in [0.5, 0.6) is 0 Å². The molecule has 3 atom stereocenters. The second-order valence-electron chi connectivity index (χ2n) is 9.10. The maximum absolute atomic E-state index is 12.8. The Balaban J connectivity index is 1.36. The van der Waals surface area contributed by atoms with Gasteiger partial charge in [0.05, 0.1) is 12.0 Å². The number of esters is 1.